The van der Waals surface area contributed by atoms with E-state index in [-0.39, 0.29) is 24.4 Å². The number of H-pyrrole nitrogens is 1. The fourth-order valence-corrected chi connectivity index (χ4v) is 2.60. The molecule has 3 rings (SSSR count). The van der Waals surface area contributed by atoms with Gasteiger partial charge in [0.1, 0.15) is 11.6 Å². The lowest BCUT2D eigenvalue weighted by Crippen LogP contribution is -2.34. The molecule has 2 heterocycles. The van der Waals surface area contributed by atoms with E-state index in [9.17, 15) is 9.18 Å². The molecule has 1 N–H and O–H groups in total. The average Bonchev–Trinajstić information content (AvgIpc) is 3.16. The molecule has 0 spiro atoms. The molecule has 1 aromatic carbocycles. The van der Waals surface area contributed by atoms with E-state index < -0.39 is 0 Å². The molecule has 1 amide bonds. The molecule has 5 nitrogen and oxygen atoms in total. The first-order valence-electron chi connectivity index (χ1n) is 6.91. The molecule has 0 saturated carbocycles. The number of benzene rings is 1. The number of nitrogens with one attached hydrogen (secondary N) is 1. The molecule has 110 valence electrons. The van der Waals surface area contributed by atoms with Crippen LogP contribution in [0.5, 0.6) is 5.75 Å². The number of amides is 1. The average molecular weight is 289 g/mol. The Hall–Kier alpha value is -2.37. The zero-order valence-corrected chi connectivity index (χ0v) is 11.5. The van der Waals surface area contributed by atoms with E-state index in [1.165, 1.54) is 24.3 Å². The van der Waals surface area contributed by atoms with Gasteiger partial charge in [0.25, 0.3) is 5.91 Å². The van der Waals surface area contributed by atoms with Gasteiger partial charge in [-0.15, -0.1) is 0 Å². The number of halogens is 1. The van der Waals surface area contributed by atoms with Crippen molar-refractivity contribution >= 4 is 5.91 Å². The van der Waals surface area contributed by atoms with E-state index in [0.717, 1.165) is 25.1 Å². The lowest BCUT2D eigenvalue weighted by atomic mass is 10.1. The Morgan fingerprint density at radius 1 is 1.38 bits per heavy atom. The quantitative estimate of drug-likeness (QED) is 0.939. The summed E-state index contributed by atoms with van der Waals surface area (Å²) in [6, 6.07) is 7.57. The fourth-order valence-electron chi connectivity index (χ4n) is 2.60. The van der Waals surface area contributed by atoms with Gasteiger partial charge in [0.15, 0.2) is 6.61 Å². The molecule has 21 heavy (non-hydrogen) atoms. The van der Waals surface area contributed by atoms with E-state index in [1.54, 1.807) is 11.1 Å². The molecule has 6 heteroatoms. The van der Waals surface area contributed by atoms with Gasteiger partial charge in [-0.1, -0.05) is 0 Å². The number of aromatic nitrogens is 2. The van der Waals surface area contributed by atoms with E-state index in [2.05, 4.69) is 10.2 Å². The van der Waals surface area contributed by atoms with Gasteiger partial charge in [0.05, 0.1) is 11.7 Å². The minimum absolute atomic E-state index is 0.0387. The van der Waals surface area contributed by atoms with Crippen molar-refractivity contribution in [2.24, 2.45) is 0 Å². The highest BCUT2D eigenvalue weighted by Gasteiger charge is 2.30. The first-order valence-corrected chi connectivity index (χ1v) is 6.91. The topological polar surface area (TPSA) is 58.2 Å². The van der Waals surface area contributed by atoms with Crippen LogP contribution in [0.25, 0.3) is 0 Å². The van der Waals surface area contributed by atoms with Crippen molar-refractivity contribution in [2.45, 2.75) is 18.9 Å². The summed E-state index contributed by atoms with van der Waals surface area (Å²) < 4.78 is 18.2. The molecule has 1 atom stereocenters. The van der Waals surface area contributed by atoms with Gasteiger partial charge in [-0.3, -0.25) is 9.89 Å². The van der Waals surface area contributed by atoms with Gasteiger partial charge in [-0.2, -0.15) is 5.10 Å². The molecule has 1 aliphatic rings. The van der Waals surface area contributed by atoms with E-state index in [1.807, 2.05) is 6.07 Å². The Morgan fingerprint density at radius 3 is 2.90 bits per heavy atom. The van der Waals surface area contributed by atoms with Gasteiger partial charge in [0.2, 0.25) is 0 Å². The van der Waals surface area contributed by atoms with Crippen molar-refractivity contribution in [3.8, 4) is 5.75 Å². The normalized spacial score (nSPS) is 18.0. The number of carbonyl (C=O) groups excluding carboxylic acids is 1. The number of hydrogen-bond donors (Lipinski definition) is 1. The van der Waals surface area contributed by atoms with Crippen molar-refractivity contribution < 1.29 is 13.9 Å². The van der Waals surface area contributed by atoms with Crippen LogP contribution >= 0.6 is 0 Å². The van der Waals surface area contributed by atoms with Crippen LogP contribution in [0.3, 0.4) is 0 Å². The highest BCUT2D eigenvalue weighted by Crippen LogP contribution is 2.30. The fraction of sp³-hybridized carbons (Fsp3) is 0.333. The van der Waals surface area contributed by atoms with Crippen molar-refractivity contribution in [1.82, 2.24) is 15.1 Å². The largest absolute Gasteiger partial charge is 0.484 e. The Bertz CT molecular complexity index is 598. The number of ether oxygens (including phenoxy) is 1. The number of likely N-dealkylation sites (tertiary alicyclic amines) is 1. The number of aromatic amines is 1. The number of rotatable bonds is 4. The Kier molecular flexibility index (Phi) is 3.85. The molecule has 0 aliphatic carbocycles. The first-order chi connectivity index (χ1) is 10.2. The molecule has 0 radical (unpaired) electrons. The third-order valence-corrected chi connectivity index (χ3v) is 3.63. The molecule has 0 unspecified atom stereocenters. The standard InChI is InChI=1S/C15H16FN3O2/c16-11-3-5-12(6-4-11)21-10-15(20)19-9-1-2-14(19)13-7-8-17-18-13/h3-8,14H,1-2,9-10H2,(H,17,18)/t14-/m0/s1. The van der Waals surface area contributed by atoms with Crippen LogP contribution in [-0.4, -0.2) is 34.2 Å². The van der Waals surface area contributed by atoms with Gasteiger partial charge in [-0.25, -0.2) is 4.39 Å². The molecule has 1 fully saturated rings. The zero-order chi connectivity index (χ0) is 14.7. The SMILES string of the molecule is O=C(COc1ccc(F)cc1)N1CCC[C@H]1c1ccn[nH]1. The third-order valence-electron chi connectivity index (χ3n) is 3.63. The predicted octanol–water partition coefficient (Wildman–Crippen LogP) is 2.29. The van der Waals surface area contributed by atoms with Crippen LogP contribution in [0.1, 0.15) is 24.6 Å². The van der Waals surface area contributed by atoms with Crippen molar-refractivity contribution in [1.29, 1.82) is 0 Å². The second-order valence-corrected chi connectivity index (χ2v) is 5.00. The molecule has 1 aromatic heterocycles. The maximum absolute atomic E-state index is 12.8. The summed E-state index contributed by atoms with van der Waals surface area (Å²) in [5, 5.41) is 6.85. The summed E-state index contributed by atoms with van der Waals surface area (Å²) in [7, 11) is 0. The van der Waals surface area contributed by atoms with Crippen LogP contribution in [0.15, 0.2) is 36.5 Å². The van der Waals surface area contributed by atoms with Gasteiger partial charge in [0, 0.05) is 12.7 Å². The Balaban J connectivity index is 1.61. The van der Waals surface area contributed by atoms with E-state index in [4.69, 9.17) is 4.74 Å². The van der Waals surface area contributed by atoms with Gasteiger partial charge in [-0.05, 0) is 43.2 Å². The summed E-state index contributed by atoms with van der Waals surface area (Å²) in [4.78, 5) is 14.1. The van der Waals surface area contributed by atoms with Crippen LogP contribution < -0.4 is 4.74 Å². The summed E-state index contributed by atoms with van der Waals surface area (Å²) in [5.74, 6) is 0.0889. The zero-order valence-electron chi connectivity index (χ0n) is 11.5. The second-order valence-electron chi connectivity index (χ2n) is 5.00. The molecular weight excluding hydrogens is 273 g/mol. The van der Waals surface area contributed by atoms with Gasteiger partial charge >= 0.3 is 0 Å². The van der Waals surface area contributed by atoms with Crippen LogP contribution in [0.4, 0.5) is 4.39 Å². The minimum atomic E-state index is -0.326. The molecule has 0 bridgehead atoms. The van der Waals surface area contributed by atoms with Crippen molar-refractivity contribution in [2.75, 3.05) is 13.2 Å². The highest BCUT2D eigenvalue weighted by molar-refractivity contribution is 5.78. The first kappa shape index (κ1) is 13.6. The summed E-state index contributed by atoms with van der Waals surface area (Å²) in [5.41, 5.74) is 0.947. The Labute approximate surface area is 121 Å². The van der Waals surface area contributed by atoms with Gasteiger partial charge < -0.3 is 9.64 Å². The van der Waals surface area contributed by atoms with Crippen LogP contribution in [-0.2, 0) is 4.79 Å². The maximum Gasteiger partial charge on any atom is 0.261 e. The Morgan fingerprint density at radius 2 is 2.19 bits per heavy atom. The molecular formula is C15H16FN3O2. The van der Waals surface area contributed by atoms with Crippen LogP contribution in [0.2, 0.25) is 0 Å². The van der Waals surface area contributed by atoms with Crippen LogP contribution in [0, 0.1) is 5.82 Å². The minimum Gasteiger partial charge on any atom is -0.484 e. The number of hydrogen-bond acceptors (Lipinski definition) is 3. The monoisotopic (exact) mass is 289 g/mol. The predicted molar refractivity (Wildman–Crippen MR) is 74.2 cm³/mol. The lowest BCUT2D eigenvalue weighted by molar-refractivity contribution is -0.134. The lowest BCUT2D eigenvalue weighted by Gasteiger charge is -2.23. The summed E-state index contributed by atoms with van der Waals surface area (Å²) in [6.45, 7) is 0.672. The highest BCUT2D eigenvalue weighted by atomic mass is 19.1. The molecule has 2 aromatic rings. The number of nitrogens with zero attached hydrogens (tertiary/aromatic N) is 2. The smallest absolute Gasteiger partial charge is 0.261 e. The van der Waals surface area contributed by atoms with Crippen molar-refractivity contribution in [3.05, 3.63) is 48.0 Å². The third kappa shape index (κ3) is 3.04. The second kappa shape index (κ2) is 5.95. The summed E-state index contributed by atoms with van der Waals surface area (Å²) in [6.07, 6.45) is 3.57. The molecule has 1 saturated heterocycles. The van der Waals surface area contributed by atoms with Crippen molar-refractivity contribution in [3.63, 3.8) is 0 Å². The molecule has 1 aliphatic heterocycles. The van der Waals surface area contributed by atoms with E-state index in [0.29, 0.717) is 5.75 Å². The maximum atomic E-state index is 12.8. The number of carbonyl (C=O) groups is 1. The summed E-state index contributed by atoms with van der Waals surface area (Å²) >= 11 is 0. The van der Waals surface area contributed by atoms with E-state index >= 15 is 0 Å².